The van der Waals surface area contributed by atoms with E-state index in [2.05, 4.69) is 16.7 Å². The monoisotopic (exact) mass is 424 g/mol. The van der Waals surface area contributed by atoms with Gasteiger partial charge in [-0.25, -0.2) is 0 Å². The van der Waals surface area contributed by atoms with Gasteiger partial charge in [0.1, 0.15) is 6.17 Å². The minimum absolute atomic E-state index is 0.112. The normalized spacial score (nSPS) is 25.4. The first-order valence-corrected chi connectivity index (χ1v) is 12.4. The van der Waals surface area contributed by atoms with Gasteiger partial charge in [-0.15, -0.1) is 0 Å². The molecule has 5 rings (SSSR count). The van der Waals surface area contributed by atoms with Crippen molar-refractivity contribution in [2.75, 3.05) is 44.2 Å². The molecule has 0 spiro atoms. The third-order valence-corrected chi connectivity index (χ3v) is 7.91. The van der Waals surface area contributed by atoms with Crippen LogP contribution in [0.15, 0.2) is 18.2 Å². The molecule has 1 atom stereocenters. The fourth-order valence-electron chi connectivity index (χ4n) is 6.17. The SMILES string of the molecule is CCN1c2cc(C(=O)N3CCN(C4CCCCC4)CC3)ccc2C(=O)N2CCCC[C@H]21. The average molecular weight is 425 g/mol. The van der Waals surface area contributed by atoms with Crippen molar-refractivity contribution in [3.05, 3.63) is 29.3 Å². The van der Waals surface area contributed by atoms with E-state index in [4.69, 9.17) is 0 Å². The number of hydrogen-bond acceptors (Lipinski definition) is 4. The second kappa shape index (κ2) is 8.81. The molecule has 1 aromatic rings. The van der Waals surface area contributed by atoms with Crippen LogP contribution in [0.5, 0.6) is 0 Å². The fraction of sp³-hybridized carbons (Fsp3) is 0.680. The van der Waals surface area contributed by atoms with Crippen LogP contribution in [0.1, 0.15) is 79.0 Å². The van der Waals surface area contributed by atoms with Crippen LogP contribution in [0.2, 0.25) is 0 Å². The van der Waals surface area contributed by atoms with Gasteiger partial charge >= 0.3 is 0 Å². The predicted octanol–water partition coefficient (Wildman–Crippen LogP) is 3.57. The largest absolute Gasteiger partial charge is 0.351 e. The molecule has 1 aromatic carbocycles. The number of anilines is 1. The van der Waals surface area contributed by atoms with Crippen LogP contribution in [-0.2, 0) is 0 Å². The summed E-state index contributed by atoms with van der Waals surface area (Å²) >= 11 is 0. The molecular formula is C25H36N4O2. The number of hydrogen-bond donors (Lipinski definition) is 0. The quantitative estimate of drug-likeness (QED) is 0.744. The predicted molar refractivity (Wildman–Crippen MR) is 122 cm³/mol. The van der Waals surface area contributed by atoms with Crippen LogP contribution in [0.25, 0.3) is 0 Å². The van der Waals surface area contributed by atoms with Crippen molar-refractivity contribution in [1.82, 2.24) is 14.7 Å². The third kappa shape index (κ3) is 3.84. The summed E-state index contributed by atoms with van der Waals surface area (Å²) in [5.41, 5.74) is 2.42. The molecular weight excluding hydrogens is 388 g/mol. The molecule has 0 aromatic heterocycles. The van der Waals surface area contributed by atoms with Crippen LogP contribution in [0, 0.1) is 0 Å². The number of benzene rings is 1. The summed E-state index contributed by atoms with van der Waals surface area (Å²) in [4.78, 5) is 35.4. The number of carbonyl (C=O) groups excluding carboxylic acids is 2. The highest BCUT2D eigenvalue weighted by molar-refractivity contribution is 6.04. The van der Waals surface area contributed by atoms with E-state index in [0.717, 1.165) is 81.4 Å². The Morgan fingerprint density at radius 3 is 2.42 bits per heavy atom. The van der Waals surface area contributed by atoms with Crippen molar-refractivity contribution < 1.29 is 9.59 Å². The molecule has 0 unspecified atom stereocenters. The zero-order chi connectivity index (χ0) is 21.4. The molecule has 4 aliphatic rings. The molecule has 1 aliphatic carbocycles. The number of piperidine rings is 1. The maximum atomic E-state index is 13.3. The van der Waals surface area contributed by atoms with E-state index in [-0.39, 0.29) is 18.0 Å². The Bertz CT molecular complexity index is 827. The maximum Gasteiger partial charge on any atom is 0.257 e. The topological polar surface area (TPSA) is 47.1 Å². The summed E-state index contributed by atoms with van der Waals surface area (Å²) in [6.45, 7) is 7.41. The smallest absolute Gasteiger partial charge is 0.257 e. The lowest BCUT2D eigenvalue weighted by atomic mass is 9.93. The number of amides is 2. The molecule has 2 amide bonds. The molecule has 3 fully saturated rings. The van der Waals surface area contributed by atoms with Gasteiger partial charge < -0.3 is 14.7 Å². The zero-order valence-corrected chi connectivity index (χ0v) is 18.9. The average Bonchev–Trinajstić information content (AvgIpc) is 2.84. The minimum Gasteiger partial charge on any atom is -0.351 e. The van der Waals surface area contributed by atoms with Crippen LogP contribution in [0.4, 0.5) is 5.69 Å². The molecule has 0 bridgehead atoms. The first-order chi connectivity index (χ1) is 15.2. The second-order valence-electron chi connectivity index (χ2n) is 9.61. The van der Waals surface area contributed by atoms with Crippen molar-refractivity contribution in [3.8, 4) is 0 Å². The van der Waals surface area contributed by atoms with Crippen molar-refractivity contribution in [2.45, 2.75) is 70.5 Å². The highest BCUT2D eigenvalue weighted by atomic mass is 16.2. The Balaban J connectivity index is 1.31. The van der Waals surface area contributed by atoms with E-state index in [0.29, 0.717) is 0 Å². The van der Waals surface area contributed by atoms with Crippen molar-refractivity contribution in [1.29, 1.82) is 0 Å². The molecule has 31 heavy (non-hydrogen) atoms. The highest BCUT2D eigenvalue weighted by Crippen LogP contribution is 2.36. The van der Waals surface area contributed by atoms with E-state index in [1.165, 1.54) is 32.1 Å². The van der Waals surface area contributed by atoms with Gasteiger partial charge in [-0.1, -0.05) is 19.3 Å². The number of nitrogens with zero attached hydrogens (tertiary/aromatic N) is 4. The van der Waals surface area contributed by atoms with E-state index in [1.807, 2.05) is 28.0 Å². The fourth-order valence-corrected chi connectivity index (χ4v) is 6.17. The van der Waals surface area contributed by atoms with Gasteiger partial charge in [0, 0.05) is 50.9 Å². The number of fused-ring (bicyclic) bond motifs is 2. The molecule has 3 heterocycles. The number of carbonyl (C=O) groups is 2. The van der Waals surface area contributed by atoms with Gasteiger partial charge in [0.25, 0.3) is 11.8 Å². The summed E-state index contributed by atoms with van der Waals surface area (Å²) in [6, 6.07) is 6.46. The van der Waals surface area contributed by atoms with Gasteiger partial charge in [0.2, 0.25) is 0 Å². The zero-order valence-electron chi connectivity index (χ0n) is 18.9. The summed E-state index contributed by atoms with van der Waals surface area (Å²) in [5.74, 6) is 0.241. The first kappa shape index (κ1) is 20.8. The molecule has 0 radical (unpaired) electrons. The first-order valence-electron chi connectivity index (χ1n) is 12.4. The summed E-state index contributed by atoms with van der Waals surface area (Å²) in [6.07, 6.45) is 10.1. The lowest BCUT2D eigenvalue weighted by molar-refractivity contribution is 0.0520. The Kier molecular flexibility index (Phi) is 5.91. The Morgan fingerprint density at radius 2 is 1.68 bits per heavy atom. The van der Waals surface area contributed by atoms with E-state index in [1.54, 1.807) is 0 Å². The van der Waals surface area contributed by atoms with Crippen LogP contribution in [0.3, 0.4) is 0 Å². The summed E-state index contributed by atoms with van der Waals surface area (Å²) < 4.78 is 0. The van der Waals surface area contributed by atoms with Gasteiger partial charge in [-0.2, -0.15) is 0 Å². The van der Waals surface area contributed by atoms with Crippen LogP contribution in [-0.4, -0.2) is 78.0 Å². The molecule has 1 saturated carbocycles. The van der Waals surface area contributed by atoms with Gasteiger partial charge in [-0.05, 0) is 57.2 Å². The molecule has 2 saturated heterocycles. The Labute approximate surface area is 186 Å². The Hall–Kier alpha value is -2.08. The highest BCUT2D eigenvalue weighted by Gasteiger charge is 2.38. The molecule has 168 valence electrons. The molecule has 6 heteroatoms. The van der Waals surface area contributed by atoms with E-state index < -0.39 is 0 Å². The summed E-state index contributed by atoms with van der Waals surface area (Å²) in [5, 5.41) is 0. The lowest BCUT2D eigenvalue weighted by Crippen LogP contribution is -2.57. The van der Waals surface area contributed by atoms with Crippen molar-refractivity contribution >= 4 is 17.5 Å². The summed E-state index contributed by atoms with van der Waals surface area (Å²) in [7, 11) is 0. The van der Waals surface area contributed by atoms with Gasteiger partial charge in [0.05, 0.1) is 11.3 Å². The van der Waals surface area contributed by atoms with Crippen LogP contribution < -0.4 is 4.90 Å². The van der Waals surface area contributed by atoms with E-state index >= 15 is 0 Å². The number of rotatable bonds is 3. The van der Waals surface area contributed by atoms with Crippen molar-refractivity contribution in [3.63, 3.8) is 0 Å². The standard InChI is InChI=1S/C25H36N4O2/c1-2-28-22-18-19(11-12-21(22)25(31)29-13-7-6-10-23(28)29)24(30)27-16-14-26(15-17-27)20-8-4-3-5-9-20/h11-12,18,20,23H,2-10,13-17H2,1H3/t23-/m0/s1. The third-order valence-electron chi connectivity index (χ3n) is 7.91. The maximum absolute atomic E-state index is 13.3. The van der Waals surface area contributed by atoms with E-state index in [9.17, 15) is 9.59 Å². The second-order valence-corrected chi connectivity index (χ2v) is 9.61. The molecule has 3 aliphatic heterocycles. The number of piperazine rings is 1. The molecule has 0 N–H and O–H groups in total. The van der Waals surface area contributed by atoms with Gasteiger partial charge in [-0.3, -0.25) is 14.5 Å². The van der Waals surface area contributed by atoms with Crippen molar-refractivity contribution in [2.24, 2.45) is 0 Å². The molecule has 6 nitrogen and oxygen atoms in total. The van der Waals surface area contributed by atoms with Crippen LogP contribution >= 0.6 is 0 Å². The minimum atomic E-state index is 0.112. The lowest BCUT2D eigenvalue weighted by Gasteiger charge is -2.47. The Morgan fingerprint density at radius 1 is 0.935 bits per heavy atom. The van der Waals surface area contributed by atoms with Gasteiger partial charge in [0.15, 0.2) is 0 Å².